The molecular formula is C26H24N2O4. The molecule has 0 atom stereocenters. The molecule has 0 spiro atoms. The lowest BCUT2D eigenvalue weighted by molar-refractivity contribution is -0.120. The molecule has 0 saturated carbocycles. The van der Waals surface area contributed by atoms with Crippen LogP contribution in [0.1, 0.15) is 16.7 Å². The lowest BCUT2D eigenvalue weighted by Crippen LogP contribution is -2.32. The van der Waals surface area contributed by atoms with Gasteiger partial charge in [-0.25, -0.2) is 4.90 Å². The molecule has 0 bridgehead atoms. The van der Waals surface area contributed by atoms with Crippen molar-refractivity contribution in [3.8, 4) is 11.5 Å². The third kappa shape index (κ3) is 3.83. The lowest BCUT2D eigenvalue weighted by atomic mass is 9.99. The van der Waals surface area contributed by atoms with Crippen LogP contribution in [0.15, 0.2) is 72.4 Å². The maximum Gasteiger partial charge on any atom is 0.282 e. The van der Waals surface area contributed by atoms with Crippen molar-refractivity contribution in [2.75, 3.05) is 24.4 Å². The van der Waals surface area contributed by atoms with Gasteiger partial charge >= 0.3 is 0 Å². The molecule has 6 heteroatoms. The molecule has 3 aromatic rings. The van der Waals surface area contributed by atoms with E-state index < -0.39 is 5.91 Å². The van der Waals surface area contributed by atoms with Gasteiger partial charge in [-0.2, -0.15) is 0 Å². The van der Waals surface area contributed by atoms with Gasteiger partial charge in [-0.05, 0) is 79.1 Å². The molecular weight excluding hydrogens is 404 g/mol. The first-order valence-electron chi connectivity index (χ1n) is 10.2. The van der Waals surface area contributed by atoms with Crippen molar-refractivity contribution in [3.63, 3.8) is 0 Å². The number of amides is 2. The first kappa shape index (κ1) is 21.2. The van der Waals surface area contributed by atoms with Crippen molar-refractivity contribution in [3.05, 3.63) is 89.1 Å². The monoisotopic (exact) mass is 428 g/mol. The standard InChI is InChI=1S/C26H24N2O4/c1-16-5-6-18(15-17(16)2)23-24(27-19-7-11-21(31-3)12-8-19)26(30)28(25(23)29)20-9-13-22(32-4)14-10-20/h5-15,27H,1-4H3. The van der Waals surface area contributed by atoms with E-state index in [1.165, 1.54) is 4.90 Å². The number of imide groups is 1. The predicted molar refractivity (Wildman–Crippen MR) is 125 cm³/mol. The summed E-state index contributed by atoms with van der Waals surface area (Å²) in [6, 6.07) is 19.8. The highest BCUT2D eigenvalue weighted by Crippen LogP contribution is 2.35. The van der Waals surface area contributed by atoms with Gasteiger partial charge in [0.25, 0.3) is 11.8 Å². The molecule has 1 aliphatic rings. The highest BCUT2D eigenvalue weighted by atomic mass is 16.5. The molecule has 6 nitrogen and oxygen atoms in total. The first-order valence-corrected chi connectivity index (χ1v) is 10.2. The average Bonchev–Trinajstić information content (AvgIpc) is 3.05. The largest absolute Gasteiger partial charge is 0.497 e. The third-order valence-electron chi connectivity index (χ3n) is 5.57. The Balaban J connectivity index is 1.79. The lowest BCUT2D eigenvalue weighted by Gasteiger charge is -2.16. The van der Waals surface area contributed by atoms with Crippen molar-refractivity contribution in [2.24, 2.45) is 0 Å². The summed E-state index contributed by atoms with van der Waals surface area (Å²) >= 11 is 0. The Kier molecular flexibility index (Phi) is 5.69. The minimum atomic E-state index is -0.413. The summed E-state index contributed by atoms with van der Waals surface area (Å²) in [6.45, 7) is 3.99. The van der Waals surface area contributed by atoms with Gasteiger partial charge in [0.2, 0.25) is 0 Å². The van der Waals surface area contributed by atoms with Gasteiger partial charge in [0, 0.05) is 5.69 Å². The summed E-state index contributed by atoms with van der Waals surface area (Å²) < 4.78 is 10.4. The summed E-state index contributed by atoms with van der Waals surface area (Å²) in [5, 5.41) is 3.16. The van der Waals surface area contributed by atoms with Gasteiger partial charge in [-0.3, -0.25) is 9.59 Å². The second-order valence-electron chi connectivity index (χ2n) is 7.55. The molecule has 0 fully saturated rings. The minimum absolute atomic E-state index is 0.235. The van der Waals surface area contributed by atoms with Gasteiger partial charge in [-0.15, -0.1) is 0 Å². The van der Waals surface area contributed by atoms with E-state index in [9.17, 15) is 9.59 Å². The van der Waals surface area contributed by atoms with Crippen LogP contribution in [0, 0.1) is 13.8 Å². The summed E-state index contributed by atoms with van der Waals surface area (Å²) in [5.74, 6) is 0.558. The van der Waals surface area contributed by atoms with Gasteiger partial charge in [0.1, 0.15) is 17.2 Å². The van der Waals surface area contributed by atoms with Crippen molar-refractivity contribution >= 4 is 28.8 Å². The zero-order valence-electron chi connectivity index (χ0n) is 18.4. The first-order chi connectivity index (χ1) is 15.4. The maximum absolute atomic E-state index is 13.5. The Bertz CT molecular complexity index is 1210. The molecule has 0 aromatic heterocycles. The third-order valence-corrected chi connectivity index (χ3v) is 5.57. The Morgan fingerprint density at radius 3 is 1.88 bits per heavy atom. The molecule has 3 aromatic carbocycles. The number of aryl methyl sites for hydroxylation is 2. The Morgan fingerprint density at radius 2 is 1.31 bits per heavy atom. The molecule has 4 rings (SSSR count). The molecule has 1 N–H and O–H groups in total. The minimum Gasteiger partial charge on any atom is -0.497 e. The highest BCUT2D eigenvalue weighted by Gasteiger charge is 2.40. The van der Waals surface area contributed by atoms with Crippen LogP contribution in [0.4, 0.5) is 11.4 Å². The summed E-state index contributed by atoms with van der Waals surface area (Å²) in [6.07, 6.45) is 0. The Morgan fingerprint density at radius 1 is 0.719 bits per heavy atom. The second kappa shape index (κ2) is 8.59. The number of carbonyl (C=O) groups excluding carboxylic acids is 2. The topological polar surface area (TPSA) is 67.9 Å². The molecule has 1 heterocycles. The van der Waals surface area contributed by atoms with E-state index >= 15 is 0 Å². The number of rotatable bonds is 6. The van der Waals surface area contributed by atoms with Crippen molar-refractivity contribution in [1.82, 2.24) is 0 Å². The van der Waals surface area contributed by atoms with E-state index in [1.807, 2.05) is 32.0 Å². The number of ether oxygens (including phenoxy) is 2. The average molecular weight is 428 g/mol. The summed E-state index contributed by atoms with van der Waals surface area (Å²) in [4.78, 5) is 28.2. The molecule has 1 aliphatic heterocycles. The zero-order valence-corrected chi connectivity index (χ0v) is 18.4. The quantitative estimate of drug-likeness (QED) is 0.576. The van der Waals surface area contributed by atoms with Crippen LogP contribution in [0.3, 0.4) is 0 Å². The molecule has 0 unspecified atom stereocenters. The molecule has 162 valence electrons. The SMILES string of the molecule is COc1ccc(NC2=C(c3ccc(C)c(C)c3)C(=O)N(c3ccc(OC)cc3)C2=O)cc1. The summed E-state index contributed by atoms with van der Waals surface area (Å²) in [7, 11) is 3.16. The molecule has 0 radical (unpaired) electrons. The smallest absolute Gasteiger partial charge is 0.282 e. The Hall–Kier alpha value is -4.06. The summed E-state index contributed by atoms with van der Waals surface area (Å²) in [5.41, 5.74) is 4.58. The number of nitrogens with zero attached hydrogens (tertiary/aromatic N) is 1. The van der Waals surface area contributed by atoms with Gasteiger partial charge in [0.15, 0.2) is 0 Å². The molecule has 2 amide bonds. The van der Waals surface area contributed by atoms with E-state index in [-0.39, 0.29) is 11.6 Å². The molecule has 32 heavy (non-hydrogen) atoms. The van der Waals surface area contributed by atoms with Crippen LogP contribution >= 0.6 is 0 Å². The molecule has 0 saturated heterocycles. The van der Waals surface area contributed by atoms with Crippen LogP contribution in [0.2, 0.25) is 0 Å². The van der Waals surface area contributed by atoms with Gasteiger partial charge in [0.05, 0.1) is 25.5 Å². The van der Waals surface area contributed by atoms with E-state index in [0.717, 1.165) is 11.1 Å². The van der Waals surface area contributed by atoms with Gasteiger partial charge < -0.3 is 14.8 Å². The van der Waals surface area contributed by atoms with Crippen LogP contribution in [-0.2, 0) is 9.59 Å². The van der Waals surface area contributed by atoms with Crippen LogP contribution in [0.5, 0.6) is 11.5 Å². The van der Waals surface area contributed by atoms with Crippen molar-refractivity contribution < 1.29 is 19.1 Å². The van der Waals surface area contributed by atoms with Crippen molar-refractivity contribution in [2.45, 2.75) is 13.8 Å². The number of carbonyl (C=O) groups is 2. The number of nitrogens with one attached hydrogen (secondary N) is 1. The van der Waals surface area contributed by atoms with Crippen molar-refractivity contribution in [1.29, 1.82) is 0 Å². The van der Waals surface area contributed by atoms with Crippen LogP contribution < -0.4 is 19.7 Å². The number of anilines is 2. The Labute approximate surface area is 187 Å². The van der Waals surface area contributed by atoms with Crippen LogP contribution in [-0.4, -0.2) is 26.0 Å². The van der Waals surface area contributed by atoms with E-state index in [2.05, 4.69) is 5.32 Å². The maximum atomic E-state index is 13.5. The number of hydrogen-bond acceptors (Lipinski definition) is 5. The predicted octanol–water partition coefficient (Wildman–Crippen LogP) is 4.72. The highest BCUT2D eigenvalue weighted by molar-refractivity contribution is 6.46. The zero-order chi connectivity index (χ0) is 22.8. The molecule has 0 aliphatic carbocycles. The number of benzene rings is 3. The van der Waals surface area contributed by atoms with E-state index in [4.69, 9.17) is 9.47 Å². The van der Waals surface area contributed by atoms with E-state index in [0.29, 0.717) is 34.0 Å². The number of methoxy groups -OCH3 is 2. The van der Waals surface area contributed by atoms with Gasteiger partial charge in [-0.1, -0.05) is 18.2 Å². The fourth-order valence-electron chi connectivity index (χ4n) is 3.59. The fraction of sp³-hybridized carbons (Fsp3) is 0.154. The second-order valence-corrected chi connectivity index (χ2v) is 7.55. The van der Waals surface area contributed by atoms with E-state index in [1.54, 1.807) is 62.8 Å². The normalized spacial score (nSPS) is 13.6. The fourth-order valence-corrected chi connectivity index (χ4v) is 3.59. The van der Waals surface area contributed by atoms with Crippen LogP contribution in [0.25, 0.3) is 5.57 Å². The number of hydrogen-bond donors (Lipinski definition) is 1.